The maximum absolute atomic E-state index is 10.8. The molecular weight excluding hydrogens is 380 g/mol. The van der Waals surface area contributed by atoms with Crippen molar-refractivity contribution in [1.82, 2.24) is 0 Å². The molecule has 1 atom stereocenters. The Labute approximate surface area is 191 Å². The number of rotatable bonds is 17. The van der Waals surface area contributed by atoms with E-state index in [1.165, 1.54) is 70.6 Å². The van der Waals surface area contributed by atoms with E-state index in [1.807, 2.05) is 30.3 Å². The van der Waals surface area contributed by atoms with Crippen LogP contribution in [0.25, 0.3) is 0 Å². The molecule has 2 rings (SSSR count). The zero-order valence-corrected chi connectivity index (χ0v) is 20.0. The lowest BCUT2D eigenvalue weighted by molar-refractivity contribution is 0.156. The molecule has 2 heteroatoms. The van der Waals surface area contributed by atoms with Gasteiger partial charge in [-0.05, 0) is 24.5 Å². The summed E-state index contributed by atoms with van der Waals surface area (Å²) in [5.74, 6) is 0.845. The summed E-state index contributed by atoms with van der Waals surface area (Å²) < 4.78 is 6.13. The highest BCUT2D eigenvalue weighted by Gasteiger charge is 2.15. The van der Waals surface area contributed by atoms with Crippen LogP contribution >= 0.6 is 0 Å². The molecule has 0 aliphatic heterocycles. The second-order valence-electron chi connectivity index (χ2n) is 8.96. The lowest BCUT2D eigenvalue weighted by atomic mass is 9.99. The highest BCUT2D eigenvalue weighted by atomic mass is 16.5. The van der Waals surface area contributed by atoms with Crippen molar-refractivity contribution in [3.05, 3.63) is 65.2 Å². The van der Waals surface area contributed by atoms with Gasteiger partial charge in [-0.25, -0.2) is 0 Å². The van der Waals surface area contributed by atoms with E-state index in [2.05, 4.69) is 32.0 Å². The number of ether oxygens (including phenoxy) is 1. The number of aryl methyl sites for hydroxylation is 1. The van der Waals surface area contributed by atoms with Crippen LogP contribution in [0.3, 0.4) is 0 Å². The second-order valence-corrected chi connectivity index (χ2v) is 8.96. The van der Waals surface area contributed by atoms with Crippen LogP contribution in [0.4, 0.5) is 0 Å². The molecule has 0 fully saturated rings. The monoisotopic (exact) mass is 424 g/mol. The van der Waals surface area contributed by atoms with Crippen molar-refractivity contribution in [2.45, 2.75) is 110 Å². The molecule has 172 valence electrons. The molecule has 2 nitrogen and oxygen atoms in total. The first kappa shape index (κ1) is 25.5. The van der Waals surface area contributed by atoms with E-state index in [0.717, 1.165) is 35.3 Å². The molecule has 2 aromatic carbocycles. The third kappa shape index (κ3) is 10.4. The van der Waals surface area contributed by atoms with Crippen LogP contribution in [0.1, 0.15) is 113 Å². The van der Waals surface area contributed by atoms with E-state index in [0.29, 0.717) is 6.61 Å². The van der Waals surface area contributed by atoms with Crippen molar-refractivity contribution >= 4 is 0 Å². The van der Waals surface area contributed by atoms with Gasteiger partial charge in [0, 0.05) is 5.56 Å². The second kappa shape index (κ2) is 15.9. The summed E-state index contributed by atoms with van der Waals surface area (Å²) in [5.41, 5.74) is 3.16. The van der Waals surface area contributed by atoms with E-state index in [9.17, 15) is 5.11 Å². The fraction of sp³-hybridized carbons (Fsp3) is 0.586. The summed E-state index contributed by atoms with van der Waals surface area (Å²) >= 11 is 0. The number of hydrogen-bond acceptors (Lipinski definition) is 2. The van der Waals surface area contributed by atoms with Crippen molar-refractivity contribution in [2.24, 2.45) is 0 Å². The van der Waals surface area contributed by atoms with Gasteiger partial charge in [-0.3, -0.25) is 0 Å². The van der Waals surface area contributed by atoms with Gasteiger partial charge in [-0.2, -0.15) is 0 Å². The Morgan fingerprint density at radius 3 is 1.90 bits per heavy atom. The standard InChI is InChI=1S/C29H44O2/c1-3-4-5-6-7-8-9-10-11-12-13-17-23-28(30)27-22-18-19-25(2)29(27)31-24-26-20-15-14-16-21-26/h14-16,18-22,28,30H,3-13,17,23-24H2,1-2H3. The van der Waals surface area contributed by atoms with Gasteiger partial charge < -0.3 is 9.84 Å². The number of aliphatic hydroxyl groups is 1. The minimum absolute atomic E-state index is 0.450. The summed E-state index contributed by atoms with van der Waals surface area (Å²) in [4.78, 5) is 0. The minimum Gasteiger partial charge on any atom is -0.488 e. The van der Waals surface area contributed by atoms with Gasteiger partial charge >= 0.3 is 0 Å². The highest BCUT2D eigenvalue weighted by Crippen LogP contribution is 2.32. The molecule has 0 aromatic heterocycles. The summed E-state index contributed by atoms with van der Waals surface area (Å²) in [6.45, 7) is 4.86. The summed E-state index contributed by atoms with van der Waals surface area (Å²) in [6.07, 6.45) is 16.4. The molecule has 0 saturated heterocycles. The minimum atomic E-state index is -0.450. The van der Waals surface area contributed by atoms with E-state index in [-0.39, 0.29) is 0 Å². The van der Waals surface area contributed by atoms with Gasteiger partial charge in [-0.1, -0.05) is 133 Å². The van der Waals surface area contributed by atoms with E-state index >= 15 is 0 Å². The first-order valence-electron chi connectivity index (χ1n) is 12.7. The molecule has 0 saturated carbocycles. The Hall–Kier alpha value is -1.80. The SMILES string of the molecule is CCCCCCCCCCCCCCC(O)c1cccc(C)c1OCc1ccccc1. The van der Waals surface area contributed by atoms with Gasteiger partial charge in [0.15, 0.2) is 0 Å². The molecule has 1 N–H and O–H groups in total. The lowest BCUT2D eigenvalue weighted by Gasteiger charge is -2.18. The molecule has 0 aliphatic carbocycles. The summed E-state index contributed by atoms with van der Waals surface area (Å²) in [6, 6.07) is 16.3. The van der Waals surface area contributed by atoms with Crippen LogP contribution in [0.5, 0.6) is 5.75 Å². The zero-order valence-electron chi connectivity index (χ0n) is 20.0. The van der Waals surface area contributed by atoms with Crippen molar-refractivity contribution in [2.75, 3.05) is 0 Å². The molecular formula is C29H44O2. The number of unbranched alkanes of at least 4 members (excludes halogenated alkanes) is 11. The Kier molecular flexibility index (Phi) is 13.1. The Balaban J connectivity index is 1.63. The zero-order chi connectivity index (χ0) is 22.2. The topological polar surface area (TPSA) is 29.5 Å². The molecule has 0 heterocycles. The maximum atomic E-state index is 10.8. The normalized spacial score (nSPS) is 12.1. The number of hydrogen-bond donors (Lipinski definition) is 1. The van der Waals surface area contributed by atoms with E-state index in [4.69, 9.17) is 4.74 Å². The fourth-order valence-electron chi connectivity index (χ4n) is 4.20. The third-order valence-electron chi connectivity index (χ3n) is 6.16. The van der Waals surface area contributed by atoms with Crippen LogP contribution in [0.15, 0.2) is 48.5 Å². The Bertz CT molecular complexity index is 695. The van der Waals surface area contributed by atoms with Crippen molar-refractivity contribution in [1.29, 1.82) is 0 Å². The molecule has 0 spiro atoms. The van der Waals surface area contributed by atoms with E-state index < -0.39 is 6.10 Å². The molecule has 0 aliphatic rings. The molecule has 2 aromatic rings. The van der Waals surface area contributed by atoms with Gasteiger partial charge in [0.25, 0.3) is 0 Å². The largest absolute Gasteiger partial charge is 0.488 e. The smallest absolute Gasteiger partial charge is 0.128 e. The number of aliphatic hydroxyl groups excluding tert-OH is 1. The van der Waals surface area contributed by atoms with Gasteiger partial charge in [0.1, 0.15) is 12.4 Å². The first-order chi connectivity index (χ1) is 15.2. The average Bonchev–Trinajstić information content (AvgIpc) is 2.79. The van der Waals surface area contributed by atoms with Crippen LogP contribution in [-0.2, 0) is 6.61 Å². The predicted molar refractivity (Wildman–Crippen MR) is 133 cm³/mol. The summed E-state index contributed by atoms with van der Waals surface area (Å²) in [5, 5.41) is 10.8. The van der Waals surface area contributed by atoms with Crippen molar-refractivity contribution in [3.63, 3.8) is 0 Å². The molecule has 0 bridgehead atoms. The Morgan fingerprint density at radius 2 is 1.29 bits per heavy atom. The lowest BCUT2D eigenvalue weighted by Crippen LogP contribution is -2.05. The molecule has 31 heavy (non-hydrogen) atoms. The number of benzene rings is 2. The fourth-order valence-corrected chi connectivity index (χ4v) is 4.20. The number of para-hydroxylation sites is 1. The molecule has 1 unspecified atom stereocenters. The molecule has 0 amide bonds. The quantitative estimate of drug-likeness (QED) is 0.257. The van der Waals surface area contributed by atoms with Gasteiger partial charge in [-0.15, -0.1) is 0 Å². The Morgan fingerprint density at radius 1 is 0.710 bits per heavy atom. The van der Waals surface area contributed by atoms with E-state index in [1.54, 1.807) is 0 Å². The van der Waals surface area contributed by atoms with Crippen molar-refractivity contribution in [3.8, 4) is 5.75 Å². The van der Waals surface area contributed by atoms with Gasteiger partial charge in [0.05, 0.1) is 6.10 Å². The predicted octanol–water partition coefficient (Wildman–Crippen LogP) is 8.70. The highest BCUT2D eigenvalue weighted by molar-refractivity contribution is 5.42. The molecule has 0 radical (unpaired) electrons. The van der Waals surface area contributed by atoms with Crippen molar-refractivity contribution < 1.29 is 9.84 Å². The van der Waals surface area contributed by atoms with Crippen LogP contribution in [0, 0.1) is 6.92 Å². The third-order valence-corrected chi connectivity index (χ3v) is 6.16. The maximum Gasteiger partial charge on any atom is 0.128 e. The summed E-state index contributed by atoms with van der Waals surface area (Å²) in [7, 11) is 0. The average molecular weight is 425 g/mol. The van der Waals surface area contributed by atoms with Gasteiger partial charge in [0.2, 0.25) is 0 Å². The van der Waals surface area contributed by atoms with Crippen LogP contribution in [-0.4, -0.2) is 5.11 Å². The first-order valence-corrected chi connectivity index (χ1v) is 12.7. The van der Waals surface area contributed by atoms with Crippen LogP contribution in [0.2, 0.25) is 0 Å². The van der Waals surface area contributed by atoms with Crippen LogP contribution < -0.4 is 4.74 Å².